The maximum Gasteiger partial charge on any atom is 0.350 e. The molecule has 0 radical (unpaired) electrons. The number of aromatic nitrogens is 6. The van der Waals surface area contributed by atoms with E-state index in [-0.39, 0.29) is 24.2 Å². The molecule has 0 spiro atoms. The molecule has 2 aliphatic rings. The van der Waals surface area contributed by atoms with Gasteiger partial charge in [0.25, 0.3) is 0 Å². The van der Waals surface area contributed by atoms with Gasteiger partial charge in [-0.05, 0) is 73.4 Å². The third kappa shape index (κ3) is 7.25. The first-order chi connectivity index (χ1) is 24.7. The van der Waals surface area contributed by atoms with E-state index in [0.29, 0.717) is 31.1 Å². The first-order valence-corrected chi connectivity index (χ1v) is 17.6. The van der Waals surface area contributed by atoms with E-state index in [4.69, 9.17) is 9.47 Å². The van der Waals surface area contributed by atoms with Gasteiger partial charge in [0.1, 0.15) is 42.0 Å². The Morgan fingerprint density at radius 3 is 2.18 bits per heavy atom. The number of nitrogens with zero attached hydrogens (tertiary/aromatic N) is 8. The largest absolute Gasteiger partial charge is 0.493 e. The number of hydrogen-bond donors (Lipinski definition) is 0. The Balaban J connectivity index is 0.923. The highest BCUT2D eigenvalue weighted by Gasteiger charge is 2.44. The monoisotopic (exact) mass is 698 g/mol. The highest BCUT2D eigenvalue weighted by atomic mass is 19.1. The number of piperazine rings is 1. The summed E-state index contributed by atoms with van der Waals surface area (Å²) in [5.74, 6) is -0.205. The molecule has 51 heavy (non-hydrogen) atoms. The molecule has 4 heterocycles. The molecular formula is C38H44F2N8O3. The minimum absolute atomic E-state index is 0.00301. The van der Waals surface area contributed by atoms with Gasteiger partial charge in [-0.15, -0.1) is 0 Å². The van der Waals surface area contributed by atoms with E-state index >= 15 is 0 Å². The van der Waals surface area contributed by atoms with Crippen molar-refractivity contribution in [2.45, 2.75) is 51.8 Å². The van der Waals surface area contributed by atoms with Gasteiger partial charge < -0.3 is 19.3 Å². The van der Waals surface area contributed by atoms with E-state index in [0.717, 1.165) is 61.5 Å². The topological polar surface area (TPSA) is 95.5 Å². The normalized spacial score (nSPS) is 19.9. The fraction of sp³-hybridized carbons (Fsp3) is 0.421. The molecule has 11 nitrogen and oxygen atoms in total. The zero-order valence-electron chi connectivity index (χ0n) is 29.2. The molecule has 2 aromatic heterocycles. The highest BCUT2D eigenvalue weighted by molar-refractivity contribution is 5.54. The van der Waals surface area contributed by atoms with Gasteiger partial charge in [-0.2, -0.15) is 10.2 Å². The molecular weight excluding hydrogens is 654 g/mol. The minimum atomic E-state index is -1.01. The highest BCUT2D eigenvalue weighted by Crippen LogP contribution is 2.42. The van der Waals surface area contributed by atoms with Crippen LogP contribution in [-0.2, 0) is 16.9 Å². The Morgan fingerprint density at radius 1 is 0.902 bits per heavy atom. The first kappa shape index (κ1) is 34.4. The average molecular weight is 699 g/mol. The standard InChI is InChI=1S/C38H44F2N8O3/c1-4-36(27(2)3)48-37(49)47(26-43-48)32-8-6-30(7-9-32)44-15-17-45(18-16-44)31-10-12-33(13-11-31)50-21-28-20-38(51-22-28,23-46-25-41-24-42-46)34-14-5-29(39)19-35(34)40/h5-14,19,24-28,36H,4,15-18,20-23H2,1-3H3/t28-,36-,38?/m0/s1. The van der Waals surface area contributed by atoms with E-state index < -0.39 is 17.2 Å². The molecule has 268 valence electrons. The number of hydrogen-bond acceptors (Lipinski definition) is 8. The van der Waals surface area contributed by atoms with Crippen LogP contribution in [0.1, 0.15) is 45.2 Å². The molecule has 2 saturated heterocycles. The van der Waals surface area contributed by atoms with Gasteiger partial charge in [-0.25, -0.2) is 32.5 Å². The summed E-state index contributed by atoms with van der Waals surface area (Å²) in [6.07, 6.45) is 5.94. The van der Waals surface area contributed by atoms with Crippen molar-refractivity contribution < 1.29 is 18.3 Å². The lowest BCUT2D eigenvalue weighted by molar-refractivity contribution is -0.0206. The quantitative estimate of drug-likeness (QED) is 0.160. The van der Waals surface area contributed by atoms with Crippen molar-refractivity contribution in [2.75, 3.05) is 49.2 Å². The zero-order chi connectivity index (χ0) is 35.5. The molecule has 5 aromatic rings. The maximum atomic E-state index is 15.0. The third-order valence-corrected chi connectivity index (χ3v) is 10.2. The summed E-state index contributed by atoms with van der Waals surface area (Å²) in [6.45, 7) is 10.8. The number of halogens is 2. The summed E-state index contributed by atoms with van der Waals surface area (Å²) in [6, 6.07) is 19.9. The minimum Gasteiger partial charge on any atom is -0.493 e. The first-order valence-electron chi connectivity index (χ1n) is 17.6. The van der Waals surface area contributed by atoms with Gasteiger partial charge in [0, 0.05) is 55.1 Å². The Kier molecular flexibility index (Phi) is 9.90. The SMILES string of the molecule is CC[C@@H](C(C)C)n1ncn(-c2ccc(N3CCN(c4ccc(OC[C@H]5COC(Cn6cncn6)(c6ccc(F)cc6F)C5)cc4)CC3)cc2)c1=O. The Morgan fingerprint density at radius 2 is 1.57 bits per heavy atom. The summed E-state index contributed by atoms with van der Waals surface area (Å²) in [7, 11) is 0. The molecule has 1 unspecified atom stereocenters. The average Bonchev–Trinajstić information content (AvgIpc) is 3.90. The van der Waals surface area contributed by atoms with Crippen molar-refractivity contribution in [1.82, 2.24) is 29.1 Å². The van der Waals surface area contributed by atoms with E-state index in [9.17, 15) is 13.6 Å². The molecule has 2 aliphatic heterocycles. The van der Waals surface area contributed by atoms with E-state index in [1.165, 1.54) is 18.5 Å². The van der Waals surface area contributed by atoms with Crippen LogP contribution in [0.5, 0.6) is 5.75 Å². The molecule has 0 bridgehead atoms. The summed E-state index contributed by atoms with van der Waals surface area (Å²) in [5.41, 5.74) is 2.24. The van der Waals surface area contributed by atoms with Gasteiger partial charge in [-0.1, -0.05) is 26.8 Å². The second-order valence-corrected chi connectivity index (χ2v) is 13.8. The van der Waals surface area contributed by atoms with Crippen LogP contribution in [0.4, 0.5) is 20.2 Å². The lowest BCUT2D eigenvalue weighted by atomic mass is 9.87. The molecule has 0 N–H and O–H groups in total. The maximum absolute atomic E-state index is 15.0. The van der Waals surface area contributed by atoms with Gasteiger partial charge in [-0.3, -0.25) is 0 Å². The number of anilines is 2. The second kappa shape index (κ2) is 14.7. The van der Waals surface area contributed by atoms with Crippen LogP contribution in [0.15, 0.2) is 90.5 Å². The van der Waals surface area contributed by atoms with Crippen molar-refractivity contribution in [3.63, 3.8) is 0 Å². The van der Waals surface area contributed by atoms with Crippen LogP contribution in [0, 0.1) is 23.5 Å². The lowest BCUT2D eigenvalue weighted by Crippen LogP contribution is -2.46. The molecule has 13 heteroatoms. The fourth-order valence-corrected chi connectivity index (χ4v) is 7.45. The van der Waals surface area contributed by atoms with Crippen molar-refractivity contribution >= 4 is 11.4 Å². The predicted molar refractivity (Wildman–Crippen MR) is 190 cm³/mol. The molecule has 3 aromatic carbocycles. The molecule has 3 atom stereocenters. The third-order valence-electron chi connectivity index (χ3n) is 10.2. The van der Waals surface area contributed by atoms with Gasteiger partial charge >= 0.3 is 5.69 Å². The summed E-state index contributed by atoms with van der Waals surface area (Å²) >= 11 is 0. The smallest absolute Gasteiger partial charge is 0.350 e. The van der Waals surface area contributed by atoms with Crippen LogP contribution >= 0.6 is 0 Å². The van der Waals surface area contributed by atoms with Crippen LogP contribution in [0.3, 0.4) is 0 Å². The Labute approximate surface area is 296 Å². The lowest BCUT2D eigenvalue weighted by Gasteiger charge is -2.37. The van der Waals surface area contributed by atoms with E-state index in [2.05, 4.69) is 70.0 Å². The van der Waals surface area contributed by atoms with Crippen molar-refractivity contribution in [3.05, 3.63) is 113 Å². The Hall–Kier alpha value is -5.04. The summed E-state index contributed by atoms with van der Waals surface area (Å²) < 4.78 is 46.0. The van der Waals surface area contributed by atoms with Crippen LogP contribution < -0.4 is 20.2 Å². The Bertz CT molecular complexity index is 1950. The van der Waals surface area contributed by atoms with E-state index in [1.54, 1.807) is 26.6 Å². The van der Waals surface area contributed by atoms with Gasteiger partial charge in [0.2, 0.25) is 0 Å². The molecule has 7 rings (SSSR count). The second-order valence-electron chi connectivity index (χ2n) is 13.8. The zero-order valence-corrected chi connectivity index (χ0v) is 29.2. The number of ether oxygens (including phenoxy) is 2. The molecule has 0 amide bonds. The predicted octanol–water partition coefficient (Wildman–Crippen LogP) is 5.85. The summed E-state index contributed by atoms with van der Waals surface area (Å²) in [4.78, 5) is 21.8. The van der Waals surface area contributed by atoms with Crippen LogP contribution in [-0.4, -0.2) is 68.5 Å². The van der Waals surface area contributed by atoms with Crippen LogP contribution in [0.25, 0.3) is 5.69 Å². The van der Waals surface area contributed by atoms with E-state index in [1.807, 2.05) is 24.3 Å². The number of benzene rings is 3. The molecule has 0 aliphatic carbocycles. The molecule has 0 saturated carbocycles. The number of rotatable bonds is 12. The summed E-state index contributed by atoms with van der Waals surface area (Å²) in [5, 5.41) is 8.60. The van der Waals surface area contributed by atoms with Crippen molar-refractivity contribution in [2.24, 2.45) is 11.8 Å². The van der Waals surface area contributed by atoms with Crippen LogP contribution in [0.2, 0.25) is 0 Å². The van der Waals surface area contributed by atoms with Crippen molar-refractivity contribution in [1.29, 1.82) is 0 Å². The molecule has 2 fully saturated rings. The van der Waals surface area contributed by atoms with Gasteiger partial charge in [0.15, 0.2) is 0 Å². The van der Waals surface area contributed by atoms with Crippen molar-refractivity contribution in [3.8, 4) is 11.4 Å². The fourth-order valence-electron chi connectivity index (χ4n) is 7.45. The van der Waals surface area contributed by atoms with Gasteiger partial charge in [0.05, 0.1) is 31.5 Å².